The number of amides is 2. The molecule has 2 amide bonds. The zero-order valence-electron chi connectivity index (χ0n) is 15.2. The minimum Gasteiger partial charge on any atom is -0.480 e. The number of carbonyl (C=O) groups is 3. The summed E-state index contributed by atoms with van der Waals surface area (Å²) < 4.78 is 13.1. The summed E-state index contributed by atoms with van der Waals surface area (Å²) in [5, 5.41) is 9.13. The maximum Gasteiger partial charge on any atom is 0.323 e. The molecule has 2 aromatic carbocycles. The number of aliphatic carboxylic acids is 1. The molecule has 0 aliphatic rings. The van der Waals surface area contributed by atoms with E-state index in [4.69, 9.17) is 5.11 Å². The third kappa shape index (κ3) is 5.37. The number of hydrogen-bond donors (Lipinski definition) is 1. The van der Waals surface area contributed by atoms with Crippen molar-refractivity contribution in [2.75, 3.05) is 20.1 Å². The number of benzene rings is 2. The molecule has 0 aliphatic heterocycles. The van der Waals surface area contributed by atoms with Crippen molar-refractivity contribution in [3.63, 3.8) is 0 Å². The first-order valence-corrected chi connectivity index (χ1v) is 8.43. The van der Waals surface area contributed by atoms with Crippen LogP contribution in [0.2, 0.25) is 0 Å². The fourth-order valence-electron chi connectivity index (χ4n) is 2.50. The molecule has 0 radical (unpaired) electrons. The average Bonchev–Trinajstić information content (AvgIpc) is 2.67. The molecule has 2 rings (SSSR count). The van der Waals surface area contributed by atoms with Gasteiger partial charge in [0.2, 0.25) is 0 Å². The van der Waals surface area contributed by atoms with Crippen LogP contribution in [0.4, 0.5) is 4.39 Å². The van der Waals surface area contributed by atoms with Crippen molar-refractivity contribution in [2.45, 2.75) is 13.5 Å². The summed E-state index contributed by atoms with van der Waals surface area (Å²) in [6, 6.07) is 11.7. The highest BCUT2D eigenvalue weighted by atomic mass is 19.1. The number of carboxylic acids is 1. The lowest BCUT2D eigenvalue weighted by atomic mass is 10.1. The fourth-order valence-corrected chi connectivity index (χ4v) is 2.50. The van der Waals surface area contributed by atoms with E-state index in [9.17, 15) is 18.8 Å². The highest BCUT2D eigenvalue weighted by molar-refractivity contribution is 6.00. The molecular formula is C20H21FN2O4. The van der Waals surface area contributed by atoms with Gasteiger partial charge >= 0.3 is 5.97 Å². The Morgan fingerprint density at radius 2 is 1.59 bits per heavy atom. The molecule has 27 heavy (non-hydrogen) atoms. The maximum atomic E-state index is 13.1. The van der Waals surface area contributed by atoms with Crippen LogP contribution in [0.5, 0.6) is 0 Å². The fraction of sp³-hybridized carbons (Fsp3) is 0.250. The molecule has 0 unspecified atom stereocenters. The van der Waals surface area contributed by atoms with Crippen molar-refractivity contribution >= 4 is 17.8 Å². The molecule has 0 aromatic heterocycles. The summed E-state index contributed by atoms with van der Waals surface area (Å²) in [7, 11) is 1.65. The van der Waals surface area contributed by atoms with E-state index < -0.39 is 24.2 Å². The van der Waals surface area contributed by atoms with E-state index in [0.717, 1.165) is 4.90 Å². The Labute approximate surface area is 156 Å². The number of carboxylic acid groups (broad SMARTS) is 1. The molecule has 1 N–H and O–H groups in total. The molecule has 2 aromatic rings. The Hall–Kier alpha value is -3.22. The Morgan fingerprint density at radius 3 is 2.15 bits per heavy atom. The van der Waals surface area contributed by atoms with Crippen LogP contribution in [-0.2, 0) is 11.3 Å². The molecule has 7 heteroatoms. The van der Waals surface area contributed by atoms with Crippen LogP contribution in [0.1, 0.15) is 33.2 Å². The van der Waals surface area contributed by atoms with Gasteiger partial charge < -0.3 is 14.9 Å². The minimum atomic E-state index is -1.16. The smallest absolute Gasteiger partial charge is 0.323 e. The second-order valence-electron chi connectivity index (χ2n) is 6.08. The number of hydrogen-bond acceptors (Lipinski definition) is 3. The number of nitrogens with zero attached hydrogens (tertiary/aromatic N) is 2. The van der Waals surface area contributed by atoms with Gasteiger partial charge in [-0.15, -0.1) is 0 Å². The Bertz CT molecular complexity index is 836. The van der Waals surface area contributed by atoms with Crippen LogP contribution in [0.25, 0.3) is 0 Å². The summed E-state index contributed by atoms with van der Waals surface area (Å²) in [4.78, 5) is 39.0. The topological polar surface area (TPSA) is 77.9 Å². The first-order chi connectivity index (χ1) is 12.8. The van der Waals surface area contributed by atoms with Crippen LogP contribution in [0.15, 0.2) is 48.5 Å². The lowest BCUT2D eigenvalue weighted by Crippen LogP contribution is -2.35. The summed E-state index contributed by atoms with van der Waals surface area (Å²) in [6.45, 7) is 1.86. The second-order valence-corrected chi connectivity index (χ2v) is 6.08. The van der Waals surface area contributed by atoms with Crippen LogP contribution >= 0.6 is 0 Å². The van der Waals surface area contributed by atoms with E-state index in [1.54, 1.807) is 19.2 Å². The lowest BCUT2D eigenvalue weighted by molar-refractivity contribution is -0.137. The van der Waals surface area contributed by atoms with Crippen molar-refractivity contribution in [1.82, 2.24) is 9.80 Å². The van der Waals surface area contributed by atoms with Gasteiger partial charge in [0, 0.05) is 31.3 Å². The van der Waals surface area contributed by atoms with E-state index in [1.807, 2.05) is 6.92 Å². The van der Waals surface area contributed by atoms with Crippen LogP contribution in [0, 0.1) is 5.82 Å². The molecule has 0 bridgehead atoms. The van der Waals surface area contributed by atoms with E-state index in [2.05, 4.69) is 0 Å². The Balaban J connectivity index is 2.28. The quantitative estimate of drug-likeness (QED) is 0.811. The summed E-state index contributed by atoms with van der Waals surface area (Å²) in [5.41, 5.74) is 1.17. The summed E-state index contributed by atoms with van der Waals surface area (Å²) in [5.74, 6) is -2.32. The molecule has 0 saturated heterocycles. The predicted octanol–water partition coefficient (Wildman–Crippen LogP) is 2.64. The average molecular weight is 372 g/mol. The van der Waals surface area contributed by atoms with Crippen LogP contribution < -0.4 is 0 Å². The standard InChI is InChI=1S/C20H21FN2O4/c1-3-22(2)19(26)15-5-4-6-16(11-15)20(27)23(13-18(24)25)12-14-7-9-17(21)10-8-14/h4-11H,3,12-13H2,1-2H3,(H,24,25). The van der Waals surface area contributed by atoms with Gasteiger partial charge in [-0.2, -0.15) is 0 Å². The van der Waals surface area contributed by atoms with Crippen LogP contribution in [0.3, 0.4) is 0 Å². The molecule has 0 atom stereocenters. The SMILES string of the molecule is CCN(C)C(=O)c1cccc(C(=O)N(CC(=O)O)Cc2ccc(F)cc2)c1. The summed E-state index contributed by atoms with van der Waals surface area (Å²) >= 11 is 0. The maximum absolute atomic E-state index is 13.1. The van der Waals surface area contributed by atoms with Crippen molar-refractivity contribution in [2.24, 2.45) is 0 Å². The zero-order valence-corrected chi connectivity index (χ0v) is 15.2. The van der Waals surface area contributed by atoms with Crippen molar-refractivity contribution in [3.05, 3.63) is 71.0 Å². The number of carbonyl (C=O) groups excluding carboxylic acids is 2. The lowest BCUT2D eigenvalue weighted by Gasteiger charge is -2.21. The van der Waals surface area contributed by atoms with Crippen LogP contribution in [-0.4, -0.2) is 52.8 Å². The third-order valence-corrected chi connectivity index (χ3v) is 4.08. The van der Waals surface area contributed by atoms with Gasteiger partial charge in [0.1, 0.15) is 12.4 Å². The van der Waals surface area contributed by atoms with E-state index in [0.29, 0.717) is 17.7 Å². The van der Waals surface area contributed by atoms with E-state index >= 15 is 0 Å². The zero-order chi connectivity index (χ0) is 20.0. The Kier molecular flexibility index (Phi) is 6.65. The largest absolute Gasteiger partial charge is 0.480 e. The first-order valence-electron chi connectivity index (χ1n) is 8.43. The molecule has 0 fully saturated rings. The first kappa shape index (κ1) is 20.1. The molecule has 142 valence electrons. The van der Waals surface area contributed by atoms with Gasteiger partial charge in [-0.05, 0) is 42.8 Å². The van der Waals surface area contributed by atoms with Crippen molar-refractivity contribution in [1.29, 1.82) is 0 Å². The molecule has 0 aliphatic carbocycles. The van der Waals surface area contributed by atoms with E-state index in [-0.39, 0.29) is 18.0 Å². The monoisotopic (exact) mass is 372 g/mol. The van der Waals surface area contributed by atoms with Gasteiger partial charge in [0.25, 0.3) is 11.8 Å². The van der Waals surface area contributed by atoms with E-state index in [1.165, 1.54) is 41.3 Å². The molecular weight excluding hydrogens is 351 g/mol. The molecule has 0 heterocycles. The molecule has 6 nitrogen and oxygen atoms in total. The minimum absolute atomic E-state index is 0.0124. The van der Waals surface area contributed by atoms with Gasteiger partial charge in [-0.3, -0.25) is 14.4 Å². The highest BCUT2D eigenvalue weighted by Crippen LogP contribution is 2.14. The number of halogens is 1. The molecule has 0 spiro atoms. The van der Waals surface area contributed by atoms with Gasteiger partial charge in [-0.1, -0.05) is 18.2 Å². The third-order valence-electron chi connectivity index (χ3n) is 4.08. The second kappa shape index (κ2) is 8.93. The van der Waals surface area contributed by atoms with Crippen molar-refractivity contribution in [3.8, 4) is 0 Å². The Morgan fingerprint density at radius 1 is 1.00 bits per heavy atom. The number of rotatable bonds is 7. The summed E-state index contributed by atoms with van der Waals surface area (Å²) in [6.07, 6.45) is 0. The van der Waals surface area contributed by atoms with Gasteiger partial charge in [0.15, 0.2) is 0 Å². The molecule has 0 saturated carbocycles. The highest BCUT2D eigenvalue weighted by Gasteiger charge is 2.20. The van der Waals surface area contributed by atoms with Gasteiger partial charge in [-0.25, -0.2) is 4.39 Å². The van der Waals surface area contributed by atoms with Gasteiger partial charge in [0.05, 0.1) is 0 Å². The van der Waals surface area contributed by atoms with Crippen molar-refractivity contribution < 1.29 is 23.9 Å². The normalized spacial score (nSPS) is 10.3. The predicted molar refractivity (Wildman–Crippen MR) is 97.9 cm³/mol.